The Morgan fingerprint density at radius 3 is 2.23 bits per heavy atom. The molecule has 8 heteroatoms. The minimum absolute atomic E-state index is 0.0252. The van der Waals surface area contributed by atoms with Crippen LogP contribution in [0.1, 0.15) is 12.0 Å². The van der Waals surface area contributed by atoms with E-state index in [1.165, 1.54) is 12.1 Å². The first kappa shape index (κ1) is 22.0. The number of hydrogen-bond donors (Lipinski definition) is 1. The number of piperazine rings is 1. The third kappa shape index (κ3) is 6.13. The van der Waals surface area contributed by atoms with Gasteiger partial charge in [0.05, 0.1) is 13.0 Å². The molecule has 0 saturated carbocycles. The normalized spacial score (nSPS) is 13.8. The van der Waals surface area contributed by atoms with E-state index in [0.717, 1.165) is 15.8 Å². The highest BCUT2D eigenvalue weighted by atomic mass is 79.9. The molecule has 0 atom stereocenters. The van der Waals surface area contributed by atoms with Crippen LogP contribution in [0, 0.1) is 6.92 Å². The molecule has 1 saturated heterocycles. The van der Waals surface area contributed by atoms with Crippen LogP contribution >= 0.6 is 15.9 Å². The number of aromatic hydroxyl groups is 1. The summed E-state index contributed by atoms with van der Waals surface area (Å²) in [6.07, 6.45) is 0.299. The minimum atomic E-state index is -0.121. The van der Waals surface area contributed by atoms with Crippen LogP contribution < -0.4 is 9.47 Å². The maximum absolute atomic E-state index is 12.4. The number of halogens is 1. The fourth-order valence-corrected chi connectivity index (χ4v) is 3.64. The smallest absolute Gasteiger partial charge is 0.260 e. The summed E-state index contributed by atoms with van der Waals surface area (Å²) in [6.45, 7) is 4.18. The topological polar surface area (TPSA) is 79.3 Å². The summed E-state index contributed by atoms with van der Waals surface area (Å²) in [6, 6.07) is 12.0. The number of hydrogen-bond acceptors (Lipinski definition) is 5. The third-order valence-corrected chi connectivity index (χ3v) is 5.39. The van der Waals surface area contributed by atoms with Crippen LogP contribution in [-0.2, 0) is 9.59 Å². The van der Waals surface area contributed by atoms with E-state index in [9.17, 15) is 14.7 Å². The monoisotopic (exact) mass is 476 g/mol. The van der Waals surface area contributed by atoms with Crippen molar-refractivity contribution in [3.63, 3.8) is 0 Å². The summed E-state index contributed by atoms with van der Waals surface area (Å²) >= 11 is 3.42. The summed E-state index contributed by atoms with van der Waals surface area (Å²) < 4.78 is 12.2. The molecule has 1 N–H and O–H groups in total. The van der Waals surface area contributed by atoms with Crippen molar-refractivity contribution in [2.75, 3.05) is 39.4 Å². The van der Waals surface area contributed by atoms with Crippen molar-refractivity contribution in [1.82, 2.24) is 9.80 Å². The molecular weight excluding hydrogens is 452 g/mol. The number of phenolic OH excluding ortho intramolecular Hbond substituents is 1. The molecule has 0 unspecified atom stereocenters. The van der Waals surface area contributed by atoms with Crippen LogP contribution in [0.25, 0.3) is 0 Å². The van der Waals surface area contributed by atoms with Gasteiger partial charge in [-0.25, -0.2) is 0 Å². The average molecular weight is 477 g/mol. The van der Waals surface area contributed by atoms with Gasteiger partial charge in [-0.15, -0.1) is 0 Å². The second-order valence-electron chi connectivity index (χ2n) is 7.05. The van der Waals surface area contributed by atoms with Gasteiger partial charge in [-0.2, -0.15) is 0 Å². The van der Waals surface area contributed by atoms with Crippen molar-refractivity contribution < 1.29 is 24.2 Å². The molecule has 0 spiro atoms. The Morgan fingerprint density at radius 1 is 0.967 bits per heavy atom. The molecule has 0 aliphatic carbocycles. The van der Waals surface area contributed by atoms with Crippen LogP contribution in [0.15, 0.2) is 46.9 Å². The lowest BCUT2D eigenvalue weighted by Crippen LogP contribution is -2.51. The average Bonchev–Trinajstić information content (AvgIpc) is 2.74. The van der Waals surface area contributed by atoms with Gasteiger partial charge in [0, 0.05) is 30.7 Å². The second-order valence-corrected chi connectivity index (χ2v) is 7.97. The molecule has 3 rings (SSSR count). The number of carbonyl (C=O) groups is 2. The SMILES string of the molecule is Cc1cc(Br)ccc1OCCC(=O)N1CCN(C(=O)COc2ccc(O)cc2)CC1. The molecule has 2 aromatic rings. The van der Waals surface area contributed by atoms with Gasteiger partial charge >= 0.3 is 0 Å². The third-order valence-electron chi connectivity index (χ3n) is 4.89. The van der Waals surface area contributed by atoms with E-state index in [-0.39, 0.29) is 24.2 Å². The molecule has 0 aromatic heterocycles. The van der Waals surface area contributed by atoms with Crippen molar-refractivity contribution >= 4 is 27.7 Å². The maximum Gasteiger partial charge on any atom is 0.260 e. The highest BCUT2D eigenvalue weighted by Gasteiger charge is 2.24. The number of aryl methyl sites for hydroxylation is 1. The Hall–Kier alpha value is -2.74. The lowest BCUT2D eigenvalue weighted by atomic mass is 10.2. The maximum atomic E-state index is 12.4. The first-order valence-electron chi connectivity index (χ1n) is 9.79. The summed E-state index contributed by atoms with van der Waals surface area (Å²) in [4.78, 5) is 28.2. The van der Waals surface area contributed by atoms with Gasteiger partial charge in [0.15, 0.2) is 6.61 Å². The zero-order valence-electron chi connectivity index (χ0n) is 16.8. The van der Waals surface area contributed by atoms with Crippen molar-refractivity contribution in [1.29, 1.82) is 0 Å². The number of nitrogens with zero attached hydrogens (tertiary/aromatic N) is 2. The minimum Gasteiger partial charge on any atom is -0.508 e. The Labute approximate surface area is 184 Å². The van der Waals surface area contributed by atoms with Crippen molar-refractivity contribution in [3.05, 3.63) is 52.5 Å². The second kappa shape index (κ2) is 10.3. The van der Waals surface area contributed by atoms with Gasteiger partial charge in [0.25, 0.3) is 5.91 Å². The predicted octanol–water partition coefficient (Wildman–Crippen LogP) is 2.98. The Balaban J connectivity index is 1.37. The number of phenols is 1. The molecule has 1 aliphatic rings. The number of benzene rings is 2. The van der Waals surface area contributed by atoms with Crippen LogP contribution in [0.3, 0.4) is 0 Å². The largest absolute Gasteiger partial charge is 0.508 e. The predicted molar refractivity (Wildman–Crippen MR) is 116 cm³/mol. The van der Waals surface area contributed by atoms with Crippen molar-refractivity contribution in [2.45, 2.75) is 13.3 Å². The quantitative estimate of drug-likeness (QED) is 0.664. The number of rotatable bonds is 7. The van der Waals surface area contributed by atoms with E-state index in [4.69, 9.17) is 9.47 Å². The highest BCUT2D eigenvalue weighted by molar-refractivity contribution is 9.10. The van der Waals surface area contributed by atoms with Gasteiger partial charge in [-0.3, -0.25) is 9.59 Å². The molecular formula is C22H25BrN2O5. The summed E-state index contributed by atoms with van der Waals surface area (Å²) in [5.41, 5.74) is 1.01. The van der Waals surface area contributed by atoms with Crippen LogP contribution in [0.2, 0.25) is 0 Å². The zero-order valence-corrected chi connectivity index (χ0v) is 18.4. The molecule has 30 heavy (non-hydrogen) atoms. The van der Waals surface area contributed by atoms with Crippen LogP contribution in [0.5, 0.6) is 17.2 Å². The summed E-state index contributed by atoms with van der Waals surface area (Å²) in [5.74, 6) is 1.35. The molecule has 1 heterocycles. The number of carbonyl (C=O) groups excluding carboxylic acids is 2. The molecule has 2 amide bonds. The van der Waals surface area contributed by atoms with E-state index >= 15 is 0 Å². The van der Waals surface area contributed by atoms with Crippen LogP contribution in [0.4, 0.5) is 0 Å². The number of amides is 2. The molecule has 7 nitrogen and oxygen atoms in total. The van der Waals surface area contributed by atoms with Gasteiger partial charge in [0.1, 0.15) is 17.2 Å². The molecule has 160 valence electrons. The fraction of sp³-hybridized carbons (Fsp3) is 0.364. The Morgan fingerprint density at radius 2 is 1.60 bits per heavy atom. The Kier molecular flexibility index (Phi) is 7.57. The molecule has 0 bridgehead atoms. The van der Waals surface area contributed by atoms with Gasteiger partial charge < -0.3 is 24.4 Å². The van der Waals surface area contributed by atoms with Gasteiger partial charge in [-0.05, 0) is 55.0 Å². The van der Waals surface area contributed by atoms with Gasteiger partial charge in [0.2, 0.25) is 5.91 Å². The van der Waals surface area contributed by atoms with Gasteiger partial charge in [-0.1, -0.05) is 15.9 Å². The summed E-state index contributed by atoms with van der Waals surface area (Å²) in [7, 11) is 0. The fourth-order valence-electron chi connectivity index (χ4n) is 3.17. The lowest BCUT2D eigenvalue weighted by Gasteiger charge is -2.34. The molecule has 1 aliphatic heterocycles. The van der Waals surface area contributed by atoms with Crippen LogP contribution in [-0.4, -0.2) is 66.1 Å². The van der Waals surface area contributed by atoms with E-state index in [0.29, 0.717) is 45.0 Å². The van der Waals surface area contributed by atoms with E-state index in [1.807, 2.05) is 25.1 Å². The number of ether oxygens (including phenoxy) is 2. The lowest BCUT2D eigenvalue weighted by molar-refractivity contribution is -0.141. The van der Waals surface area contributed by atoms with Crippen molar-refractivity contribution in [2.24, 2.45) is 0 Å². The zero-order chi connectivity index (χ0) is 21.5. The molecule has 1 fully saturated rings. The standard InChI is InChI=1S/C22H25BrN2O5/c1-16-14-17(23)2-7-20(16)29-13-8-21(27)24-9-11-25(12-10-24)22(28)15-30-19-5-3-18(26)4-6-19/h2-7,14,26H,8-13,15H2,1H3. The van der Waals surface area contributed by atoms with Crippen molar-refractivity contribution in [3.8, 4) is 17.2 Å². The first-order chi connectivity index (χ1) is 14.4. The summed E-state index contributed by atoms with van der Waals surface area (Å²) in [5, 5.41) is 9.27. The van der Waals surface area contributed by atoms with E-state index in [2.05, 4.69) is 15.9 Å². The first-order valence-corrected chi connectivity index (χ1v) is 10.6. The highest BCUT2D eigenvalue weighted by Crippen LogP contribution is 2.22. The van der Waals surface area contributed by atoms with E-state index in [1.54, 1.807) is 21.9 Å². The molecule has 0 radical (unpaired) electrons. The Bertz CT molecular complexity index is 880. The van der Waals surface area contributed by atoms with E-state index < -0.39 is 0 Å². The molecule has 2 aromatic carbocycles.